The first-order chi connectivity index (χ1) is 15.5. The van der Waals surface area contributed by atoms with Gasteiger partial charge in [-0.2, -0.15) is 4.39 Å². The van der Waals surface area contributed by atoms with E-state index in [1.807, 2.05) is 0 Å². The maximum atomic E-state index is 15.6. The number of rotatable bonds is 4. The van der Waals surface area contributed by atoms with Crippen LogP contribution in [-0.2, 0) is 0 Å². The van der Waals surface area contributed by atoms with Crippen LogP contribution in [0.2, 0.25) is 5.15 Å². The van der Waals surface area contributed by atoms with E-state index in [2.05, 4.69) is 30.2 Å². The van der Waals surface area contributed by atoms with Gasteiger partial charge < -0.3 is 10.3 Å². The first kappa shape index (κ1) is 20.0. The van der Waals surface area contributed by atoms with E-state index in [4.69, 9.17) is 11.6 Å². The molecule has 3 aliphatic carbocycles. The summed E-state index contributed by atoms with van der Waals surface area (Å²) in [5.74, 6) is 1.04. The molecule has 3 saturated carbocycles. The monoisotopic (exact) mass is 472 g/mol. The van der Waals surface area contributed by atoms with Crippen molar-refractivity contribution in [3.8, 4) is 22.0 Å². The predicted molar refractivity (Wildman–Crippen MR) is 121 cm³/mol. The van der Waals surface area contributed by atoms with Crippen LogP contribution in [0.1, 0.15) is 32.1 Å². The number of nitrogens with one attached hydrogen (secondary N) is 2. The van der Waals surface area contributed by atoms with E-state index in [1.54, 1.807) is 6.20 Å². The SMILES string of the molecule is Fc1ccc(-c2nc(-c3c[nH]c4ncc(Cl)nc34)nc(NC3CC4CCC3CC4)c2F)s1. The van der Waals surface area contributed by atoms with Crippen molar-refractivity contribution in [3.63, 3.8) is 0 Å². The Labute approximate surface area is 191 Å². The second kappa shape index (κ2) is 7.74. The minimum absolute atomic E-state index is 0.0664. The number of nitrogens with zero attached hydrogens (tertiary/aromatic N) is 4. The van der Waals surface area contributed by atoms with E-state index in [1.165, 1.54) is 31.2 Å². The van der Waals surface area contributed by atoms with Gasteiger partial charge in [-0.15, -0.1) is 11.3 Å². The van der Waals surface area contributed by atoms with Gasteiger partial charge in [-0.05, 0) is 43.2 Å². The Morgan fingerprint density at radius 1 is 1.09 bits per heavy atom. The lowest BCUT2D eigenvalue weighted by molar-refractivity contribution is 0.157. The first-order valence-electron chi connectivity index (χ1n) is 10.6. The smallest absolute Gasteiger partial charge is 0.192 e. The van der Waals surface area contributed by atoms with Gasteiger partial charge >= 0.3 is 0 Å². The van der Waals surface area contributed by atoms with Gasteiger partial charge in [0, 0.05) is 12.2 Å². The summed E-state index contributed by atoms with van der Waals surface area (Å²) in [5, 5.41) is 3.21. The van der Waals surface area contributed by atoms with E-state index < -0.39 is 10.9 Å². The Balaban J connectivity index is 1.48. The molecule has 6 nitrogen and oxygen atoms in total. The fourth-order valence-electron chi connectivity index (χ4n) is 5.04. The van der Waals surface area contributed by atoms with Crippen LogP contribution in [0.4, 0.5) is 14.6 Å². The Hall–Kier alpha value is -2.65. The molecule has 0 saturated heterocycles. The van der Waals surface area contributed by atoms with E-state index >= 15 is 4.39 Å². The van der Waals surface area contributed by atoms with Crippen LogP contribution in [0.5, 0.6) is 0 Å². The molecule has 4 aromatic rings. The minimum atomic E-state index is -0.569. The molecule has 1 atom stereocenters. The molecule has 0 radical (unpaired) electrons. The van der Waals surface area contributed by atoms with Crippen molar-refractivity contribution >= 4 is 39.9 Å². The van der Waals surface area contributed by atoms with Gasteiger partial charge in [-0.1, -0.05) is 24.4 Å². The zero-order chi connectivity index (χ0) is 21.8. The number of anilines is 1. The van der Waals surface area contributed by atoms with Crippen LogP contribution in [0, 0.1) is 22.8 Å². The van der Waals surface area contributed by atoms with Gasteiger partial charge in [0.25, 0.3) is 0 Å². The van der Waals surface area contributed by atoms with Crippen molar-refractivity contribution in [2.75, 3.05) is 5.32 Å². The van der Waals surface area contributed by atoms with Crippen molar-refractivity contribution in [3.05, 3.63) is 40.6 Å². The van der Waals surface area contributed by atoms with Crippen molar-refractivity contribution in [2.45, 2.75) is 38.1 Å². The van der Waals surface area contributed by atoms with E-state index in [9.17, 15) is 4.39 Å². The molecule has 32 heavy (non-hydrogen) atoms. The second-order valence-electron chi connectivity index (χ2n) is 8.52. The molecule has 4 heterocycles. The lowest BCUT2D eigenvalue weighted by atomic mass is 9.68. The highest BCUT2D eigenvalue weighted by Gasteiger charge is 2.36. The molecule has 4 aromatic heterocycles. The van der Waals surface area contributed by atoms with Gasteiger partial charge in [0.15, 0.2) is 28.2 Å². The van der Waals surface area contributed by atoms with Gasteiger partial charge in [-0.3, -0.25) is 0 Å². The Morgan fingerprint density at radius 2 is 1.94 bits per heavy atom. The summed E-state index contributed by atoms with van der Waals surface area (Å²) in [6.07, 6.45) is 8.94. The van der Waals surface area contributed by atoms with Crippen molar-refractivity contribution in [1.29, 1.82) is 0 Å². The summed E-state index contributed by atoms with van der Waals surface area (Å²) in [4.78, 5) is 21.0. The van der Waals surface area contributed by atoms with Crippen LogP contribution >= 0.6 is 22.9 Å². The van der Waals surface area contributed by atoms with Crippen molar-refractivity contribution in [2.24, 2.45) is 11.8 Å². The maximum absolute atomic E-state index is 15.6. The van der Waals surface area contributed by atoms with Crippen LogP contribution in [0.3, 0.4) is 0 Å². The standard InChI is InChI=1S/C22H19ClF2N6S/c23-15-9-27-22-18(29-15)12(8-26-22)20-30-19(14-5-6-16(24)32-14)17(25)21(31-20)28-13-7-10-1-3-11(13)4-2-10/h5-6,8-11,13H,1-4,7H2,(H,26,27)(H,28,30,31). The molecule has 0 spiro atoms. The molecule has 164 valence electrons. The number of H-pyrrole nitrogens is 1. The highest BCUT2D eigenvalue weighted by molar-refractivity contribution is 7.13. The Kier molecular flexibility index (Phi) is 4.83. The summed E-state index contributed by atoms with van der Waals surface area (Å²) >= 11 is 6.90. The molecular formula is C22H19ClF2N6S. The fourth-order valence-corrected chi connectivity index (χ4v) is 5.89. The summed E-state index contributed by atoms with van der Waals surface area (Å²) < 4.78 is 29.3. The first-order valence-corrected chi connectivity index (χ1v) is 11.8. The molecular weight excluding hydrogens is 454 g/mol. The van der Waals surface area contributed by atoms with Crippen molar-refractivity contribution in [1.82, 2.24) is 24.9 Å². The molecule has 0 aromatic carbocycles. The second-order valence-corrected chi connectivity index (χ2v) is 9.94. The quantitative estimate of drug-likeness (QED) is 0.377. The highest BCUT2D eigenvalue weighted by Crippen LogP contribution is 2.43. The fraction of sp³-hybridized carbons (Fsp3) is 0.364. The number of thiophene rings is 1. The molecule has 3 fully saturated rings. The molecule has 0 amide bonds. The van der Waals surface area contributed by atoms with Gasteiger partial charge in [0.1, 0.15) is 16.4 Å². The topological polar surface area (TPSA) is 79.4 Å². The van der Waals surface area contributed by atoms with E-state index in [0.29, 0.717) is 33.4 Å². The number of halogens is 3. The number of aromatic amines is 1. The zero-order valence-electron chi connectivity index (χ0n) is 16.9. The predicted octanol–water partition coefficient (Wildman–Crippen LogP) is 6.07. The summed E-state index contributed by atoms with van der Waals surface area (Å²) in [6, 6.07) is 3.02. The third-order valence-electron chi connectivity index (χ3n) is 6.62. The van der Waals surface area contributed by atoms with Gasteiger partial charge in [-0.25, -0.2) is 24.3 Å². The van der Waals surface area contributed by atoms with Crippen LogP contribution in [-0.4, -0.2) is 31.0 Å². The Morgan fingerprint density at radius 3 is 2.66 bits per heavy atom. The lowest BCUT2D eigenvalue weighted by Crippen LogP contribution is -2.40. The number of hydrogen-bond donors (Lipinski definition) is 2. The van der Waals surface area contributed by atoms with Crippen LogP contribution < -0.4 is 5.32 Å². The third kappa shape index (κ3) is 3.44. The lowest BCUT2D eigenvalue weighted by Gasteiger charge is -2.42. The molecule has 2 N–H and O–H groups in total. The van der Waals surface area contributed by atoms with Gasteiger partial charge in [0.2, 0.25) is 0 Å². The average Bonchev–Trinajstić information content (AvgIpc) is 3.42. The van der Waals surface area contributed by atoms with E-state index in [0.717, 1.165) is 30.6 Å². The van der Waals surface area contributed by atoms with E-state index in [-0.39, 0.29) is 28.5 Å². The largest absolute Gasteiger partial charge is 0.364 e. The Bertz CT molecular complexity index is 1310. The molecule has 1 unspecified atom stereocenters. The zero-order valence-corrected chi connectivity index (χ0v) is 18.5. The molecule has 2 bridgehead atoms. The minimum Gasteiger partial charge on any atom is -0.364 e. The van der Waals surface area contributed by atoms with Crippen LogP contribution in [0.25, 0.3) is 33.1 Å². The molecule has 0 aliphatic heterocycles. The van der Waals surface area contributed by atoms with Crippen molar-refractivity contribution < 1.29 is 8.78 Å². The number of fused-ring (bicyclic) bond motifs is 4. The normalized spacial score (nSPS) is 22.5. The molecule has 7 rings (SSSR count). The van der Waals surface area contributed by atoms with Gasteiger partial charge in [0.05, 0.1) is 16.6 Å². The summed E-state index contributed by atoms with van der Waals surface area (Å²) in [5.41, 5.74) is 1.65. The summed E-state index contributed by atoms with van der Waals surface area (Å²) in [7, 11) is 0. The average molecular weight is 473 g/mol. The summed E-state index contributed by atoms with van der Waals surface area (Å²) in [6.45, 7) is 0. The van der Waals surface area contributed by atoms with Crippen LogP contribution in [0.15, 0.2) is 24.5 Å². The molecule has 10 heteroatoms. The number of aromatic nitrogens is 5. The third-order valence-corrected chi connectivity index (χ3v) is 7.68. The maximum Gasteiger partial charge on any atom is 0.192 e. The number of hydrogen-bond acceptors (Lipinski definition) is 6. The highest BCUT2D eigenvalue weighted by atomic mass is 35.5. The molecule has 3 aliphatic rings.